The Balaban J connectivity index is 2.31. The van der Waals surface area contributed by atoms with Crippen molar-refractivity contribution in [1.29, 1.82) is 0 Å². The van der Waals surface area contributed by atoms with E-state index in [4.69, 9.17) is 4.74 Å². The first-order chi connectivity index (χ1) is 12.4. The van der Waals surface area contributed by atoms with Crippen molar-refractivity contribution in [1.82, 2.24) is 0 Å². The lowest BCUT2D eigenvalue weighted by molar-refractivity contribution is 0.338. The molecule has 0 aliphatic rings. The highest BCUT2D eigenvalue weighted by atomic mass is 28.3. The van der Waals surface area contributed by atoms with Gasteiger partial charge in [-0.05, 0) is 15.6 Å². The van der Waals surface area contributed by atoms with Gasteiger partial charge in [-0.3, -0.25) is 0 Å². The highest BCUT2D eigenvalue weighted by Crippen LogP contribution is 2.07. The van der Waals surface area contributed by atoms with Gasteiger partial charge in [0.2, 0.25) is 8.07 Å². The van der Waals surface area contributed by atoms with Gasteiger partial charge in [-0.1, -0.05) is 96.9 Å². The highest BCUT2D eigenvalue weighted by Gasteiger charge is 2.38. The molecule has 0 amide bonds. The SMILES string of the molecule is CO/C=C\C#C[Si](c1ccccc1)(c1ccccc1)c1ccccc1. The average molecular weight is 340 g/mol. The molecule has 0 fully saturated rings. The molecule has 0 saturated carbocycles. The van der Waals surface area contributed by atoms with E-state index >= 15 is 0 Å². The van der Waals surface area contributed by atoms with Crippen LogP contribution in [0.1, 0.15) is 0 Å². The van der Waals surface area contributed by atoms with Gasteiger partial charge in [-0.25, -0.2) is 0 Å². The Morgan fingerprint density at radius 1 is 0.680 bits per heavy atom. The molecule has 0 heterocycles. The topological polar surface area (TPSA) is 9.23 Å². The summed E-state index contributed by atoms with van der Waals surface area (Å²) >= 11 is 0. The first-order valence-corrected chi connectivity index (χ1v) is 10.2. The van der Waals surface area contributed by atoms with Gasteiger partial charge >= 0.3 is 0 Å². The fraction of sp³-hybridized carbons (Fsp3) is 0.0435. The maximum Gasteiger partial charge on any atom is 0.230 e. The van der Waals surface area contributed by atoms with Crippen molar-refractivity contribution in [3.8, 4) is 11.5 Å². The lowest BCUT2D eigenvalue weighted by Gasteiger charge is -2.28. The van der Waals surface area contributed by atoms with Gasteiger partial charge in [0, 0.05) is 6.08 Å². The Kier molecular flexibility index (Phi) is 5.51. The van der Waals surface area contributed by atoms with Crippen molar-refractivity contribution in [2.75, 3.05) is 7.11 Å². The molecule has 0 aliphatic heterocycles. The summed E-state index contributed by atoms with van der Waals surface area (Å²) in [6.07, 6.45) is 3.39. The van der Waals surface area contributed by atoms with E-state index in [0.717, 1.165) is 0 Å². The Hall–Kier alpha value is -3.02. The van der Waals surface area contributed by atoms with E-state index in [0.29, 0.717) is 0 Å². The zero-order valence-electron chi connectivity index (χ0n) is 14.2. The van der Waals surface area contributed by atoms with E-state index in [1.165, 1.54) is 15.6 Å². The first-order valence-electron chi connectivity index (χ1n) is 8.25. The molecule has 3 aromatic carbocycles. The van der Waals surface area contributed by atoms with Crippen LogP contribution in [0.25, 0.3) is 0 Å². The molecular formula is C23H20OSi. The molecule has 0 spiro atoms. The van der Waals surface area contributed by atoms with Crippen molar-refractivity contribution >= 4 is 23.6 Å². The Morgan fingerprint density at radius 3 is 1.44 bits per heavy atom. The lowest BCUT2D eigenvalue weighted by atomic mass is 10.3. The third-order valence-corrected chi connectivity index (χ3v) is 8.28. The van der Waals surface area contributed by atoms with Gasteiger partial charge in [0.25, 0.3) is 0 Å². The van der Waals surface area contributed by atoms with Crippen LogP contribution in [0.4, 0.5) is 0 Å². The average Bonchev–Trinajstić information content (AvgIpc) is 2.70. The zero-order valence-corrected chi connectivity index (χ0v) is 15.2. The van der Waals surface area contributed by atoms with Gasteiger partial charge < -0.3 is 4.74 Å². The summed E-state index contributed by atoms with van der Waals surface area (Å²) in [5, 5.41) is 3.85. The normalized spacial score (nSPS) is 10.9. The largest absolute Gasteiger partial charge is 0.504 e. The maximum absolute atomic E-state index is 5.01. The monoisotopic (exact) mass is 340 g/mol. The van der Waals surface area contributed by atoms with Crippen LogP contribution < -0.4 is 15.6 Å². The molecule has 0 N–H and O–H groups in total. The number of hydrogen-bond donors (Lipinski definition) is 0. The van der Waals surface area contributed by atoms with Crippen molar-refractivity contribution in [3.63, 3.8) is 0 Å². The van der Waals surface area contributed by atoms with E-state index in [1.54, 1.807) is 19.4 Å². The van der Waals surface area contributed by atoms with Crippen LogP contribution >= 0.6 is 0 Å². The van der Waals surface area contributed by atoms with E-state index in [2.05, 4.69) is 102 Å². The summed E-state index contributed by atoms with van der Waals surface area (Å²) in [4.78, 5) is 0. The van der Waals surface area contributed by atoms with E-state index in [9.17, 15) is 0 Å². The lowest BCUT2D eigenvalue weighted by Crippen LogP contribution is -2.66. The van der Waals surface area contributed by atoms with Gasteiger partial charge in [-0.2, -0.15) is 0 Å². The molecule has 0 atom stereocenters. The second-order valence-electron chi connectivity index (χ2n) is 5.66. The third-order valence-electron chi connectivity index (χ3n) is 4.17. The second kappa shape index (κ2) is 8.19. The Bertz CT molecular complexity index is 778. The van der Waals surface area contributed by atoms with Crippen molar-refractivity contribution in [3.05, 3.63) is 103 Å². The molecular weight excluding hydrogens is 320 g/mol. The van der Waals surface area contributed by atoms with Crippen LogP contribution in [-0.2, 0) is 4.74 Å². The van der Waals surface area contributed by atoms with Crippen LogP contribution in [0.5, 0.6) is 0 Å². The smallest absolute Gasteiger partial charge is 0.230 e. The number of rotatable bonds is 4. The molecule has 122 valence electrons. The first kappa shape index (κ1) is 16.8. The molecule has 25 heavy (non-hydrogen) atoms. The Labute approximate surface area is 150 Å². The molecule has 3 rings (SSSR count). The minimum Gasteiger partial charge on any atom is -0.504 e. The van der Waals surface area contributed by atoms with Crippen molar-refractivity contribution in [2.24, 2.45) is 0 Å². The van der Waals surface area contributed by atoms with Crippen LogP contribution in [-0.4, -0.2) is 15.2 Å². The molecule has 0 aliphatic carbocycles. The zero-order chi connectivity index (χ0) is 17.4. The number of hydrogen-bond acceptors (Lipinski definition) is 1. The summed E-state index contributed by atoms with van der Waals surface area (Å²) in [5.74, 6) is 3.23. The highest BCUT2D eigenvalue weighted by molar-refractivity contribution is 7.16. The molecule has 0 radical (unpaired) electrons. The molecule has 0 aromatic heterocycles. The van der Waals surface area contributed by atoms with Crippen LogP contribution in [0, 0.1) is 11.5 Å². The summed E-state index contributed by atoms with van der Waals surface area (Å²) in [5.41, 5.74) is 3.64. The quantitative estimate of drug-likeness (QED) is 0.307. The summed E-state index contributed by atoms with van der Waals surface area (Å²) < 4.78 is 5.01. The minimum atomic E-state index is -2.44. The molecule has 1 nitrogen and oxygen atoms in total. The van der Waals surface area contributed by atoms with Gasteiger partial charge in [0.05, 0.1) is 13.4 Å². The molecule has 0 saturated heterocycles. The fourth-order valence-corrected chi connectivity index (χ4v) is 6.84. The minimum absolute atomic E-state index is 1.28. The van der Waals surface area contributed by atoms with Gasteiger partial charge in [0.15, 0.2) is 0 Å². The number of allylic oxidation sites excluding steroid dienone is 1. The van der Waals surface area contributed by atoms with Crippen LogP contribution in [0.3, 0.4) is 0 Å². The van der Waals surface area contributed by atoms with Gasteiger partial charge in [-0.15, -0.1) is 5.54 Å². The van der Waals surface area contributed by atoms with E-state index in [-0.39, 0.29) is 0 Å². The fourth-order valence-electron chi connectivity index (χ4n) is 3.03. The molecule has 3 aromatic rings. The van der Waals surface area contributed by atoms with E-state index in [1.807, 2.05) is 0 Å². The predicted octanol–water partition coefficient (Wildman–Crippen LogP) is 2.86. The number of benzene rings is 3. The molecule has 0 unspecified atom stereocenters. The molecule has 0 bridgehead atoms. The summed E-state index contributed by atoms with van der Waals surface area (Å²) in [6.45, 7) is 0. The van der Waals surface area contributed by atoms with Gasteiger partial charge in [0.1, 0.15) is 0 Å². The Morgan fingerprint density at radius 2 is 1.08 bits per heavy atom. The number of methoxy groups -OCH3 is 1. The summed E-state index contributed by atoms with van der Waals surface area (Å²) in [7, 11) is -0.808. The maximum atomic E-state index is 5.01. The van der Waals surface area contributed by atoms with Crippen molar-refractivity contribution < 1.29 is 4.74 Å². The second-order valence-corrected chi connectivity index (χ2v) is 9.14. The summed E-state index contributed by atoms with van der Waals surface area (Å²) in [6, 6.07) is 31.9. The molecule has 2 heteroatoms. The van der Waals surface area contributed by atoms with Crippen LogP contribution in [0.2, 0.25) is 0 Å². The standard InChI is InChI=1S/C23H20OSi/c1-24-19-11-12-20-25(21-13-5-2-6-14-21,22-15-7-3-8-16-22)23-17-9-4-10-18-23/h2-11,13-19H,1H3/b19-11-. The van der Waals surface area contributed by atoms with E-state index < -0.39 is 8.07 Å². The van der Waals surface area contributed by atoms with Crippen LogP contribution in [0.15, 0.2) is 103 Å². The third kappa shape index (κ3) is 3.57. The number of ether oxygens (including phenoxy) is 1. The van der Waals surface area contributed by atoms with Crippen molar-refractivity contribution in [2.45, 2.75) is 0 Å². The predicted molar refractivity (Wildman–Crippen MR) is 108 cm³/mol.